The van der Waals surface area contributed by atoms with Gasteiger partial charge in [0.05, 0.1) is 10.4 Å². The summed E-state index contributed by atoms with van der Waals surface area (Å²) in [6.45, 7) is 6.40. The molecule has 164 valence electrons. The molecule has 0 radical (unpaired) electrons. The maximum absolute atomic E-state index is 13.1. The van der Waals surface area contributed by atoms with Crippen LogP contribution in [0.2, 0.25) is 0 Å². The summed E-state index contributed by atoms with van der Waals surface area (Å²) in [6.07, 6.45) is 4.07. The summed E-state index contributed by atoms with van der Waals surface area (Å²) >= 11 is 0. The molecule has 2 atom stereocenters. The number of oxazole rings is 1. The third kappa shape index (κ3) is 4.05. The topological polar surface area (TPSA) is 92.8 Å². The number of rotatable bonds is 4. The normalized spacial score (nSPS) is 23.7. The SMILES string of the molecule is C[C@@H]1C[C@@H](C)CN(S(=O)(=O)c2ccc3c(c2)oc(=O)n3CC(=O)N2CCCCC2)C1. The predicted molar refractivity (Wildman–Crippen MR) is 113 cm³/mol. The molecule has 2 saturated heterocycles. The van der Waals surface area contributed by atoms with Gasteiger partial charge < -0.3 is 9.32 Å². The maximum atomic E-state index is 13.1. The van der Waals surface area contributed by atoms with Crippen LogP contribution in [0.5, 0.6) is 0 Å². The molecule has 0 aliphatic carbocycles. The maximum Gasteiger partial charge on any atom is 0.420 e. The molecule has 2 aliphatic heterocycles. The van der Waals surface area contributed by atoms with Crippen LogP contribution in [0, 0.1) is 11.8 Å². The van der Waals surface area contributed by atoms with Crippen LogP contribution < -0.4 is 5.76 Å². The summed E-state index contributed by atoms with van der Waals surface area (Å²) < 4.78 is 34.4. The number of hydrogen-bond donors (Lipinski definition) is 0. The van der Waals surface area contributed by atoms with E-state index in [0.29, 0.717) is 43.5 Å². The van der Waals surface area contributed by atoms with Crippen molar-refractivity contribution in [3.05, 3.63) is 28.7 Å². The van der Waals surface area contributed by atoms with Gasteiger partial charge in [-0.1, -0.05) is 13.8 Å². The molecule has 4 rings (SSSR count). The Bertz CT molecular complexity index is 1090. The Morgan fingerprint density at radius 3 is 2.43 bits per heavy atom. The minimum absolute atomic E-state index is 0.0981. The van der Waals surface area contributed by atoms with E-state index < -0.39 is 15.8 Å². The second kappa shape index (κ2) is 8.19. The van der Waals surface area contributed by atoms with Crippen LogP contribution in [0.15, 0.2) is 32.3 Å². The van der Waals surface area contributed by atoms with Crippen molar-refractivity contribution in [2.75, 3.05) is 26.2 Å². The number of sulfonamides is 1. The van der Waals surface area contributed by atoms with Gasteiger partial charge in [-0.3, -0.25) is 9.36 Å². The molecular weight excluding hydrogens is 406 g/mol. The predicted octanol–water partition coefficient (Wildman–Crippen LogP) is 2.27. The molecule has 2 aromatic rings. The van der Waals surface area contributed by atoms with Crippen LogP contribution in [0.1, 0.15) is 39.5 Å². The Labute approximate surface area is 176 Å². The second-order valence-electron chi connectivity index (χ2n) is 8.79. The third-order valence-corrected chi connectivity index (χ3v) is 7.94. The number of likely N-dealkylation sites (tertiary alicyclic amines) is 1. The van der Waals surface area contributed by atoms with Crippen LogP contribution >= 0.6 is 0 Å². The molecule has 0 unspecified atom stereocenters. The van der Waals surface area contributed by atoms with E-state index in [-0.39, 0.29) is 22.9 Å². The minimum atomic E-state index is -3.68. The number of hydrogen-bond acceptors (Lipinski definition) is 5. The number of piperidine rings is 2. The first-order valence-corrected chi connectivity index (χ1v) is 12.1. The van der Waals surface area contributed by atoms with Gasteiger partial charge in [-0.25, -0.2) is 13.2 Å². The molecule has 0 N–H and O–H groups in total. The first kappa shape index (κ1) is 21.1. The number of benzene rings is 1. The highest BCUT2D eigenvalue weighted by atomic mass is 32.2. The lowest BCUT2D eigenvalue weighted by atomic mass is 9.94. The van der Waals surface area contributed by atoms with Gasteiger partial charge in [-0.2, -0.15) is 4.31 Å². The van der Waals surface area contributed by atoms with Gasteiger partial charge in [0.15, 0.2) is 5.58 Å². The highest BCUT2D eigenvalue weighted by Gasteiger charge is 2.32. The minimum Gasteiger partial charge on any atom is -0.408 e. The molecule has 1 amide bonds. The Hall–Kier alpha value is -2.13. The molecule has 9 heteroatoms. The first-order chi connectivity index (χ1) is 14.3. The Morgan fingerprint density at radius 2 is 1.77 bits per heavy atom. The summed E-state index contributed by atoms with van der Waals surface area (Å²) in [5.41, 5.74) is 0.621. The Morgan fingerprint density at radius 1 is 1.10 bits per heavy atom. The summed E-state index contributed by atoms with van der Waals surface area (Å²) in [5.74, 6) is -0.170. The lowest BCUT2D eigenvalue weighted by Gasteiger charge is -2.34. The summed E-state index contributed by atoms with van der Waals surface area (Å²) in [5, 5.41) is 0. The second-order valence-corrected chi connectivity index (χ2v) is 10.7. The van der Waals surface area contributed by atoms with Crippen LogP contribution in [0.25, 0.3) is 11.1 Å². The lowest BCUT2D eigenvalue weighted by Crippen LogP contribution is -2.42. The molecule has 30 heavy (non-hydrogen) atoms. The van der Waals surface area contributed by atoms with E-state index in [2.05, 4.69) is 13.8 Å². The van der Waals surface area contributed by atoms with Gasteiger partial charge in [-0.15, -0.1) is 0 Å². The van der Waals surface area contributed by atoms with E-state index in [1.807, 2.05) is 0 Å². The number of nitrogens with zero attached hydrogens (tertiary/aromatic N) is 3. The van der Waals surface area contributed by atoms with Crippen molar-refractivity contribution < 1.29 is 17.6 Å². The van der Waals surface area contributed by atoms with Gasteiger partial charge in [-0.05, 0) is 49.7 Å². The van der Waals surface area contributed by atoms with Crippen LogP contribution in [0.3, 0.4) is 0 Å². The number of carbonyl (C=O) groups excluding carboxylic acids is 1. The average molecular weight is 436 g/mol. The van der Waals surface area contributed by atoms with Crippen molar-refractivity contribution in [1.82, 2.24) is 13.8 Å². The summed E-state index contributed by atoms with van der Waals surface area (Å²) in [7, 11) is -3.68. The quantitative estimate of drug-likeness (QED) is 0.735. The van der Waals surface area contributed by atoms with Crippen LogP contribution in [-0.4, -0.2) is 54.3 Å². The van der Waals surface area contributed by atoms with Crippen LogP contribution in [-0.2, 0) is 21.4 Å². The molecule has 3 heterocycles. The fourth-order valence-electron chi connectivity index (χ4n) is 4.69. The van der Waals surface area contributed by atoms with E-state index in [0.717, 1.165) is 25.7 Å². The molecule has 0 bridgehead atoms. The number of carbonyl (C=O) groups is 1. The largest absolute Gasteiger partial charge is 0.420 e. The van der Waals surface area contributed by atoms with Crippen molar-refractivity contribution in [2.45, 2.75) is 51.0 Å². The smallest absolute Gasteiger partial charge is 0.408 e. The number of fused-ring (bicyclic) bond motifs is 1. The first-order valence-electron chi connectivity index (χ1n) is 10.7. The monoisotopic (exact) mass is 435 g/mol. The fourth-order valence-corrected chi connectivity index (χ4v) is 6.38. The van der Waals surface area contributed by atoms with E-state index in [1.165, 1.54) is 21.0 Å². The molecular formula is C21H29N3O5S. The van der Waals surface area contributed by atoms with Gasteiger partial charge >= 0.3 is 5.76 Å². The van der Waals surface area contributed by atoms with Gasteiger partial charge in [0, 0.05) is 32.2 Å². The lowest BCUT2D eigenvalue weighted by molar-refractivity contribution is -0.132. The highest BCUT2D eigenvalue weighted by Crippen LogP contribution is 2.28. The summed E-state index contributed by atoms with van der Waals surface area (Å²) in [6, 6.07) is 4.46. The molecule has 0 spiro atoms. The Balaban J connectivity index is 1.61. The van der Waals surface area contributed by atoms with E-state index in [9.17, 15) is 18.0 Å². The zero-order chi connectivity index (χ0) is 21.5. The molecule has 2 aliphatic rings. The zero-order valence-electron chi connectivity index (χ0n) is 17.5. The zero-order valence-corrected chi connectivity index (χ0v) is 18.4. The third-order valence-electron chi connectivity index (χ3n) is 6.11. The van der Waals surface area contributed by atoms with Crippen molar-refractivity contribution in [2.24, 2.45) is 11.8 Å². The van der Waals surface area contributed by atoms with E-state index >= 15 is 0 Å². The van der Waals surface area contributed by atoms with Gasteiger partial charge in [0.1, 0.15) is 6.54 Å². The fraction of sp³-hybridized carbons (Fsp3) is 0.619. The van der Waals surface area contributed by atoms with Crippen molar-refractivity contribution in [3.63, 3.8) is 0 Å². The molecule has 1 aromatic carbocycles. The molecule has 0 saturated carbocycles. The number of aromatic nitrogens is 1. The molecule has 2 fully saturated rings. The molecule has 1 aromatic heterocycles. The van der Waals surface area contributed by atoms with Crippen molar-refractivity contribution in [1.29, 1.82) is 0 Å². The van der Waals surface area contributed by atoms with Gasteiger partial charge in [0.25, 0.3) is 0 Å². The van der Waals surface area contributed by atoms with E-state index in [1.54, 1.807) is 11.0 Å². The Kier molecular flexibility index (Phi) is 5.76. The van der Waals surface area contributed by atoms with Gasteiger partial charge in [0.2, 0.25) is 15.9 Å². The van der Waals surface area contributed by atoms with Crippen molar-refractivity contribution in [3.8, 4) is 0 Å². The average Bonchev–Trinajstić information content (AvgIpc) is 3.02. The van der Waals surface area contributed by atoms with Crippen molar-refractivity contribution >= 4 is 27.0 Å². The molecule has 8 nitrogen and oxygen atoms in total. The van der Waals surface area contributed by atoms with Crippen LogP contribution in [0.4, 0.5) is 0 Å². The van der Waals surface area contributed by atoms with E-state index in [4.69, 9.17) is 4.42 Å². The summed E-state index contributed by atoms with van der Waals surface area (Å²) in [4.78, 5) is 26.8. The standard InChI is InChI=1S/C21H29N3O5S/c1-15-10-16(2)13-23(12-15)30(27,28)17-6-7-18-19(11-17)29-21(26)24(18)14-20(25)22-8-4-3-5-9-22/h6-7,11,15-16H,3-5,8-10,12-14H2,1-2H3/t15-,16-/m1/s1. The highest BCUT2D eigenvalue weighted by molar-refractivity contribution is 7.89. The number of amides is 1.